The minimum atomic E-state index is -0.679. The third-order valence-electron chi connectivity index (χ3n) is 3.91. The molecule has 26 heavy (non-hydrogen) atoms. The van der Waals surface area contributed by atoms with E-state index in [-0.39, 0.29) is 36.7 Å². The number of H-pyrrole nitrogens is 1. The van der Waals surface area contributed by atoms with Crippen molar-refractivity contribution in [1.29, 1.82) is 0 Å². The molecule has 7 nitrogen and oxygen atoms in total. The summed E-state index contributed by atoms with van der Waals surface area (Å²) in [5.41, 5.74) is 1.95. The van der Waals surface area contributed by atoms with Crippen molar-refractivity contribution in [1.82, 2.24) is 20.9 Å². The molecule has 0 fully saturated rings. The Morgan fingerprint density at radius 1 is 1.12 bits per heavy atom. The average molecular weight is 358 g/mol. The SMILES string of the molecule is CC(=O)NCCC(=O)NC(Cc1c[nH]c2ccccc12)C(=O)NC(C)C. The normalized spacial score (nSPS) is 12.0. The Morgan fingerprint density at radius 3 is 2.54 bits per heavy atom. The number of carbonyl (C=O) groups is 3. The van der Waals surface area contributed by atoms with Gasteiger partial charge in [-0.1, -0.05) is 18.2 Å². The van der Waals surface area contributed by atoms with E-state index in [2.05, 4.69) is 20.9 Å². The van der Waals surface area contributed by atoms with E-state index >= 15 is 0 Å². The third-order valence-corrected chi connectivity index (χ3v) is 3.91. The highest BCUT2D eigenvalue weighted by molar-refractivity contribution is 5.89. The van der Waals surface area contributed by atoms with Gasteiger partial charge in [0.1, 0.15) is 6.04 Å². The van der Waals surface area contributed by atoms with Crippen molar-refractivity contribution in [2.24, 2.45) is 0 Å². The van der Waals surface area contributed by atoms with Crippen LogP contribution in [0, 0.1) is 0 Å². The Kier molecular flexibility index (Phi) is 6.77. The molecular weight excluding hydrogens is 332 g/mol. The molecule has 1 aromatic carbocycles. The van der Waals surface area contributed by atoms with Crippen LogP contribution in [0.3, 0.4) is 0 Å². The first-order valence-corrected chi connectivity index (χ1v) is 8.76. The number of rotatable bonds is 8. The number of fused-ring (bicyclic) bond motifs is 1. The molecule has 3 amide bonds. The second-order valence-corrected chi connectivity index (χ2v) is 6.58. The lowest BCUT2D eigenvalue weighted by Gasteiger charge is -2.20. The average Bonchev–Trinajstić information content (AvgIpc) is 2.96. The minimum Gasteiger partial charge on any atom is -0.361 e. The topological polar surface area (TPSA) is 103 Å². The van der Waals surface area contributed by atoms with Gasteiger partial charge in [0.2, 0.25) is 17.7 Å². The van der Waals surface area contributed by atoms with Gasteiger partial charge in [0, 0.05) is 49.5 Å². The molecule has 0 aliphatic heterocycles. The zero-order valence-electron chi connectivity index (χ0n) is 15.4. The lowest BCUT2D eigenvalue weighted by atomic mass is 10.0. The molecule has 7 heteroatoms. The molecule has 0 aliphatic rings. The predicted octanol–water partition coefficient (Wildman–Crippen LogP) is 1.25. The largest absolute Gasteiger partial charge is 0.361 e. The number of carbonyl (C=O) groups excluding carboxylic acids is 3. The Balaban J connectivity index is 2.09. The summed E-state index contributed by atoms with van der Waals surface area (Å²) in [6.45, 7) is 5.39. The van der Waals surface area contributed by atoms with Gasteiger partial charge in [0.25, 0.3) is 0 Å². The van der Waals surface area contributed by atoms with E-state index in [1.807, 2.05) is 44.3 Å². The lowest BCUT2D eigenvalue weighted by Crippen LogP contribution is -2.50. The van der Waals surface area contributed by atoms with E-state index in [4.69, 9.17) is 0 Å². The lowest BCUT2D eigenvalue weighted by molar-refractivity contribution is -0.129. The van der Waals surface area contributed by atoms with E-state index in [1.54, 1.807) is 0 Å². The molecule has 0 aliphatic carbocycles. The van der Waals surface area contributed by atoms with E-state index < -0.39 is 6.04 Å². The van der Waals surface area contributed by atoms with Gasteiger partial charge in [0.05, 0.1) is 0 Å². The van der Waals surface area contributed by atoms with Crippen LogP contribution in [0.5, 0.6) is 0 Å². The van der Waals surface area contributed by atoms with Crippen LogP contribution >= 0.6 is 0 Å². The Morgan fingerprint density at radius 2 is 1.85 bits per heavy atom. The first kappa shape index (κ1) is 19.5. The van der Waals surface area contributed by atoms with Crippen LogP contribution in [0.25, 0.3) is 10.9 Å². The number of aromatic nitrogens is 1. The van der Waals surface area contributed by atoms with Crippen LogP contribution in [0.15, 0.2) is 30.5 Å². The van der Waals surface area contributed by atoms with Gasteiger partial charge in [-0.05, 0) is 25.5 Å². The molecule has 140 valence electrons. The second kappa shape index (κ2) is 9.03. The first-order valence-electron chi connectivity index (χ1n) is 8.76. The molecule has 1 heterocycles. The second-order valence-electron chi connectivity index (χ2n) is 6.58. The van der Waals surface area contributed by atoms with E-state index in [0.717, 1.165) is 16.5 Å². The van der Waals surface area contributed by atoms with Crippen LogP contribution in [0.2, 0.25) is 0 Å². The van der Waals surface area contributed by atoms with Crippen molar-refractivity contribution in [2.75, 3.05) is 6.54 Å². The molecule has 1 unspecified atom stereocenters. The van der Waals surface area contributed by atoms with E-state index in [1.165, 1.54) is 6.92 Å². The molecule has 2 aromatic rings. The number of amides is 3. The zero-order chi connectivity index (χ0) is 19.1. The molecule has 1 aromatic heterocycles. The summed E-state index contributed by atoms with van der Waals surface area (Å²) in [5, 5.41) is 9.24. The van der Waals surface area contributed by atoms with Gasteiger partial charge in [-0.2, -0.15) is 0 Å². The van der Waals surface area contributed by atoms with Crippen LogP contribution in [0.4, 0.5) is 0 Å². The Bertz CT molecular complexity index is 782. The quantitative estimate of drug-likeness (QED) is 0.571. The number of hydrogen-bond acceptors (Lipinski definition) is 3. The maximum absolute atomic E-state index is 12.5. The Hall–Kier alpha value is -2.83. The van der Waals surface area contributed by atoms with Crippen molar-refractivity contribution in [3.8, 4) is 0 Å². The van der Waals surface area contributed by atoms with Gasteiger partial charge >= 0.3 is 0 Å². The highest BCUT2D eigenvalue weighted by atomic mass is 16.2. The molecule has 0 bridgehead atoms. The molecule has 1 atom stereocenters. The van der Waals surface area contributed by atoms with Crippen molar-refractivity contribution in [2.45, 2.75) is 45.7 Å². The number of nitrogens with one attached hydrogen (secondary N) is 4. The number of benzene rings is 1. The van der Waals surface area contributed by atoms with Crippen LogP contribution < -0.4 is 16.0 Å². The van der Waals surface area contributed by atoms with Crippen molar-refractivity contribution >= 4 is 28.6 Å². The summed E-state index contributed by atoms with van der Waals surface area (Å²) in [6.07, 6.45) is 2.37. The standard InChI is InChI=1S/C19H26N4O3/c1-12(2)22-19(26)17(23-18(25)8-9-20-13(3)24)10-14-11-21-16-7-5-4-6-15(14)16/h4-7,11-12,17,21H,8-10H2,1-3H3,(H,20,24)(H,22,26)(H,23,25). The van der Waals surface area contributed by atoms with Gasteiger partial charge in [0.15, 0.2) is 0 Å². The maximum atomic E-state index is 12.5. The van der Waals surface area contributed by atoms with Gasteiger partial charge < -0.3 is 20.9 Å². The molecule has 0 saturated heterocycles. The molecule has 0 saturated carbocycles. The number of hydrogen-bond donors (Lipinski definition) is 4. The van der Waals surface area contributed by atoms with Crippen LogP contribution in [-0.2, 0) is 20.8 Å². The number of aromatic amines is 1. The maximum Gasteiger partial charge on any atom is 0.243 e. The minimum absolute atomic E-state index is 0.0238. The summed E-state index contributed by atoms with van der Waals surface area (Å²) < 4.78 is 0. The number of para-hydroxylation sites is 1. The summed E-state index contributed by atoms with van der Waals surface area (Å²) in [5.74, 6) is -0.689. The first-order chi connectivity index (χ1) is 12.4. The molecule has 0 radical (unpaired) electrons. The van der Waals surface area contributed by atoms with Crippen molar-refractivity contribution in [3.05, 3.63) is 36.0 Å². The van der Waals surface area contributed by atoms with E-state index in [9.17, 15) is 14.4 Å². The fourth-order valence-corrected chi connectivity index (χ4v) is 2.73. The Labute approximate surface area is 152 Å². The smallest absolute Gasteiger partial charge is 0.243 e. The van der Waals surface area contributed by atoms with Crippen molar-refractivity contribution < 1.29 is 14.4 Å². The predicted molar refractivity (Wildman–Crippen MR) is 101 cm³/mol. The van der Waals surface area contributed by atoms with Gasteiger partial charge in [-0.3, -0.25) is 14.4 Å². The fourth-order valence-electron chi connectivity index (χ4n) is 2.73. The summed E-state index contributed by atoms with van der Waals surface area (Å²) >= 11 is 0. The molecule has 4 N–H and O–H groups in total. The summed E-state index contributed by atoms with van der Waals surface area (Å²) in [6, 6.07) is 7.13. The van der Waals surface area contributed by atoms with Gasteiger partial charge in [-0.15, -0.1) is 0 Å². The fraction of sp³-hybridized carbons (Fsp3) is 0.421. The van der Waals surface area contributed by atoms with Crippen LogP contribution in [0.1, 0.15) is 32.8 Å². The highest BCUT2D eigenvalue weighted by Crippen LogP contribution is 2.19. The van der Waals surface area contributed by atoms with Crippen molar-refractivity contribution in [3.63, 3.8) is 0 Å². The molecular formula is C19H26N4O3. The van der Waals surface area contributed by atoms with Crippen LogP contribution in [-0.4, -0.2) is 41.3 Å². The molecule has 0 spiro atoms. The zero-order valence-corrected chi connectivity index (χ0v) is 15.4. The highest BCUT2D eigenvalue weighted by Gasteiger charge is 2.23. The summed E-state index contributed by atoms with van der Waals surface area (Å²) in [7, 11) is 0. The van der Waals surface area contributed by atoms with Gasteiger partial charge in [-0.25, -0.2) is 0 Å². The molecule has 2 rings (SSSR count). The monoisotopic (exact) mass is 358 g/mol. The summed E-state index contributed by atoms with van der Waals surface area (Å²) in [4.78, 5) is 38.8. The van der Waals surface area contributed by atoms with E-state index in [0.29, 0.717) is 6.42 Å². The third kappa shape index (κ3) is 5.61.